The second kappa shape index (κ2) is 8.44. The summed E-state index contributed by atoms with van der Waals surface area (Å²) in [5, 5.41) is 5.16. The summed E-state index contributed by atoms with van der Waals surface area (Å²) >= 11 is 3.42. The van der Waals surface area contributed by atoms with Crippen LogP contribution in [-0.2, 0) is 0 Å². The Morgan fingerprint density at radius 2 is 1.80 bits per heavy atom. The number of benzene rings is 2. The van der Waals surface area contributed by atoms with Crippen LogP contribution in [0.1, 0.15) is 11.5 Å². The van der Waals surface area contributed by atoms with Crippen molar-refractivity contribution in [1.82, 2.24) is 15.1 Å². The van der Waals surface area contributed by atoms with E-state index in [1.54, 1.807) is 42.7 Å². The third kappa shape index (κ3) is 3.93. The molecule has 4 aromatic rings. The van der Waals surface area contributed by atoms with Gasteiger partial charge in [0.2, 0.25) is 5.82 Å². The van der Waals surface area contributed by atoms with Crippen LogP contribution in [0.5, 0.6) is 0 Å². The van der Waals surface area contributed by atoms with Gasteiger partial charge in [0.1, 0.15) is 11.5 Å². The van der Waals surface area contributed by atoms with Crippen molar-refractivity contribution in [2.45, 2.75) is 0 Å². The van der Waals surface area contributed by atoms with E-state index in [1.807, 2.05) is 24.3 Å². The van der Waals surface area contributed by atoms with Crippen LogP contribution in [-0.4, -0.2) is 15.1 Å². The van der Waals surface area contributed by atoms with Crippen molar-refractivity contribution in [3.8, 4) is 11.4 Å². The standard InChI is InChI=1S/C21H16BrFN6O/c22-15-5-3-4-14(12-15)20-27-21(30-28-20)18(24)19(13-8-10-26-11-9-13)29(25)17-7-2-1-6-16(17)23/h1-12H,24-25H2/b19-18-. The first-order valence-electron chi connectivity index (χ1n) is 8.84. The molecule has 4 N–H and O–H groups in total. The average Bonchev–Trinajstić information content (AvgIpc) is 3.25. The van der Waals surface area contributed by atoms with Crippen molar-refractivity contribution in [1.29, 1.82) is 0 Å². The minimum atomic E-state index is -0.500. The predicted molar refractivity (Wildman–Crippen MR) is 116 cm³/mol. The first kappa shape index (κ1) is 19.7. The lowest BCUT2D eigenvalue weighted by Gasteiger charge is -2.23. The number of para-hydroxylation sites is 1. The molecule has 9 heteroatoms. The van der Waals surface area contributed by atoms with Gasteiger partial charge in [0, 0.05) is 28.0 Å². The fraction of sp³-hybridized carbons (Fsp3) is 0. The van der Waals surface area contributed by atoms with Crippen molar-refractivity contribution in [2.24, 2.45) is 11.6 Å². The maximum absolute atomic E-state index is 14.4. The van der Waals surface area contributed by atoms with Crippen LogP contribution in [0.15, 0.2) is 82.1 Å². The van der Waals surface area contributed by atoms with Gasteiger partial charge >= 0.3 is 0 Å². The number of anilines is 1. The van der Waals surface area contributed by atoms with Crippen LogP contribution in [0.4, 0.5) is 10.1 Å². The van der Waals surface area contributed by atoms with Crippen LogP contribution in [0.3, 0.4) is 0 Å². The minimum absolute atomic E-state index is 0.0589. The Balaban J connectivity index is 1.83. The average molecular weight is 467 g/mol. The Bertz CT molecular complexity index is 1210. The molecule has 0 amide bonds. The molecule has 0 aliphatic carbocycles. The molecule has 0 radical (unpaired) electrons. The number of aromatic nitrogens is 3. The van der Waals surface area contributed by atoms with Gasteiger partial charge in [-0.25, -0.2) is 10.2 Å². The number of hydrogen-bond acceptors (Lipinski definition) is 7. The molecule has 0 aliphatic heterocycles. The Kier molecular flexibility index (Phi) is 5.55. The monoisotopic (exact) mass is 466 g/mol. The summed E-state index contributed by atoms with van der Waals surface area (Å²) in [5.74, 6) is 6.20. The van der Waals surface area contributed by atoms with Gasteiger partial charge in [-0.3, -0.25) is 9.99 Å². The van der Waals surface area contributed by atoms with Crippen molar-refractivity contribution >= 4 is 33.0 Å². The molecule has 0 unspecified atom stereocenters. The summed E-state index contributed by atoms with van der Waals surface area (Å²) in [6, 6.07) is 17.0. The smallest absolute Gasteiger partial charge is 0.276 e. The second-order valence-corrected chi connectivity index (χ2v) is 7.17. The van der Waals surface area contributed by atoms with Crippen molar-refractivity contribution < 1.29 is 8.91 Å². The van der Waals surface area contributed by atoms with Gasteiger partial charge in [0.15, 0.2) is 0 Å². The van der Waals surface area contributed by atoms with E-state index >= 15 is 0 Å². The highest BCUT2D eigenvalue weighted by Gasteiger charge is 2.22. The number of pyridine rings is 1. The number of rotatable bonds is 5. The Hall–Kier alpha value is -3.56. The van der Waals surface area contributed by atoms with Crippen LogP contribution < -0.4 is 16.6 Å². The molecule has 2 aromatic carbocycles. The largest absolute Gasteiger partial charge is 0.392 e. The molecule has 7 nitrogen and oxygen atoms in total. The first-order valence-corrected chi connectivity index (χ1v) is 9.63. The SMILES string of the molecule is N/C(=C(/c1ccncc1)N(N)c1ccccc1F)c1nc(-c2cccc(Br)c2)no1. The molecule has 0 fully saturated rings. The van der Waals surface area contributed by atoms with Gasteiger partial charge in [0.25, 0.3) is 5.89 Å². The van der Waals surface area contributed by atoms with Gasteiger partial charge in [-0.1, -0.05) is 45.4 Å². The molecule has 0 saturated heterocycles. The minimum Gasteiger partial charge on any atom is -0.392 e. The summed E-state index contributed by atoms with van der Waals surface area (Å²) < 4.78 is 20.7. The van der Waals surface area contributed by atoms with E-state index < -0.39 is 5.82 Å². The van der Waals surface area contributed by atoms with Crippen LogP contribution in [0, 0.1) is 5.82 Å². The van der Waals surface area contributed by atoms with E-state index in [2.05, 4.69) is 31.1 Å². The highest BCUT2D eigenvalue weighted by molar-refractivity contribution is 9.10. The number of hydrazine groups is 1. The highest BCUT2D eigenvalue weighted by Crippen LogP contribution is 2.30. The van der Waals surface area contributed by atoms with Crippen LogP contribution in [0.25, 0.3) is 22.8 Å². The highest BCUT2D eigenvalue weighted by atomic mass is 79.9. The molecule has 2 heterocycles. The van der Waals surface area contributed by atoms with E-state index in [4.69, 9.17) is 16.1 Å². The van der Waals surface area contributed by atoms with Crippen molar-refractivity contribution in [2.75, 3.05) is 5.01 Å². The Morgan fingerprint density at radius 3 is 2.53 bits per heavy atom. The number of hydrogen-bond donors (Lipinski definition) is 2. The molecule has 0 saturated carbocycles. The summed E-state index contributed by atoms with van der Waals surface area (Å²) in [7, 11) is 0. The Morgan fingerprint density at radius 1 is 1.03 bits per heavy atom. The molecule has 0 atom stereocenters. The first-order chi connectivity index (χ1) is 14.5. The molecule has 2 aromatic heterocycles. The van der Waals surface area contributed by atoms with E-state index in [9.17, 15) is 4.39 Å². The fourth-order valence-corrected chi connectivity index (χ4v) is 3.28. The van der Waals surface area contributed by atoms with Crippen LogP contribution in [0.2, 0.25) is 0 Å². The zero-order valence-electron chi connectivity index (χ0n) is 15.5. The normalized spacial score (nSPS) is 11.8. The number of nitrogens with zero attached hydrogens (tertiary/aromatic N) is 4. The quantitative estimate of drug-likeness (QED) is 0.335. The van der Waals surface area contributed by atoms with Gasteiger partial charge in [-0.05, 0) is 36.4 Å². The summed E-state index contributed by atoms with van der Waals surface area (Å²) in [4.78, 5) is 8.40. The molecule has 0 bridgehead atoms. The summed E-state index contributed by atoms with van der Waals surface area (Å²) in [6.45, 7) is 0. The zero-order valence-corrected chi connectivity index (χ0v) is 17.1. The predicted octanol–water partition coefficient (Wildman–Crippen LogP) is 4.20. The van der Waals surface area contributed by atoms with Gasteiger partial charge < -0.3 is 10.3 Å². The molecule has 0 aliphatic rings. The van der Waals surface area contributed by atoms with E-state index in [0.29, 0.717) is 17.1 Å². The summed E-state index contributed by atoms with van der Waals surface area (Å²) in [6.07, 6.45) is 3.16. The van der Waals surface area contributed by atoms with Gasteiger partial charge in [0.05, 0.1) is 11.4 Å². The third-order valence-electron chi connectivity index (χ3n) is 4.30. The second-order valence-electron chi connectivity index (χ2n) is 6.25. The fourth-order valence-electron chi connectivity index (χ4n) is 2.88. The maximum atomic E-state index is 14.4. The van der Waals surface area contributed by atoms with Gasteiger partial charge in [-0.2, -0.15) is 4.98 Å². The Labute approximate surface area is 179 Å². The third-order valence-corrected chi connectivity index (χ3v) is 4.79. The van der Waals surface area contributed by atoms with E-state index in [0.717, 1.165) is 15.0 Å². The molecule has 30 heavy (non-hydrogen) atoms. The van der Waals surface area contributed by atoms with E-state index in [1.165, 1.54) is 6.07 Å². The number of nitrogens with two attached hydrogens (primary N) is 2. The van der Waals surface area contributed by atoms with Gasteiger partial charge in [-0.15, -0.1) is 0 Å². The molecule has 0 spiro atoms. The molecule has 4 rings (SSSR count). The lowest BCUT2D eigenvalue weighted by Crippen LogP contribution is -2.32. The lowest BCUT2D eigenvalue weighted by atomic mass is 10.1. The van der Waals surface area contributed by atoms with Crippen LogP contribution >= 0.6 is 15.9 Å². The maximum Gasteiger partial charge on any atom is 0.276 e. The molecule has 150 valence electrons. The summed E-state index contributed by atoms with van der Waals surface area (Å²) in [5.41, 5.74) is 8.28. The zero-order chi connectivity index (χ0) is 21.1. The van der Waals surface area contributed by atoms with E-state index in [-0.39, 0.29) is 17.3 Å². The molecular weight excluding hydrogens is 451 g/mol. The molecular formula is C21H16BrFN6O. The number of halogens is 2. The lowest BCUT2D eigenvalue weighted by molar-refractivity contribution is 0.408. The van der Waals surface area contributed by atoms with Crippen molar-refractivity contribution in [3.05, 3.63) is 94.8 Å². The topological polar surface area (TPSA) is 107 Å². The van der Waals surface area contributed by atoms with Crippen molar-refractivity contribution in [3.63, 3.8) is 0 Å².